The molecule has 0 amide bonds. The van der Waals surface area contributed by atoms with Gasteiger partial charge in [0.1, 0.15) is 0 Å². The molecule has 0 bridgehead atoms. The standard InChI is InChI=1S/C11H16N2O3S2/c1-7(6-17-4)12(3)11-9(13(15)16)5-10(18-11)8(2)14/h5,7H,6H2,1-4H3. The fraction of sp³-hybridized carbons (Fsp3) is 0.545. The molecule has 1 aromatic rings. The van der Waals surface area contributed by atoms with Crippen LogP contribution >= 0.6 is 23.1 Å². The van der Waals surface area contributed by atoms with Crippen LogP contribution in [0.4, 0.5) is 10.7 Å². The first-order valence-corrected chi connectivity index (χ1v) is 7.60. The molecule has 0 aliphatic rings. The minimum absolute atomic E-state index is 0.0145. The lowest BCUT2D eigenvalue weighted by atomic mass is 10.3. The fourth-order valence-electron chi connectivity index (χ4n) is 1.48. The maximum Gasteiger partial charge on any atom is 0.304 e. The molecule has 0 N–H and O–H groups in total. The van der Waals surface area contributed by atoms with Gasteiger partial charge in [-0.15, -0.1) is 11.3 Å². The van der Waals surface area contributed by atoms with Crippen LogP contribution < -0.4 is 4.90 Å². The summed E-state index contributed by atoms with van der Waals surface area (Å²) in [6.07, 6.45) is 1.99. The zero-order chi connectivity index (χ0) is 13.9. The lowest BCUT2D eigenvalue weighted by Crippen LogP contribution is -2.30. The van der Waals surface area contributed by atoms with Gasteiger partial charge in [0.15, 0.2) is 10.8 Å². The molecule has 100 valence electrons. The molecule has 1 heterocycles. The monoisotopic (exact) mass is 288 g/mol. The summed E-state index contributed by atoms with van der Waals surface area (Å²) in [5, 5.41) is 11.6. The predicted molar refractivity (Wildman–Crippen MR) is 77.2 cm³/mol. The van der Waals surface area contributed by atoms with Crippen LogP contribution in [-0.4, -0.2) is 35.8 Å². The minimum atomic E-state index is -0.430. The van der Waals surface area contributed by atoms with Crippen LogP contribution in [0.15, 0.2) is 6.07 Å². The highest BCUT2D eigenvalue weighted by Gasteiger charge is 2.25. The van der Waals surface area contributed by atoms with Crippen molar-refractivity contribution in [2.45, 2.75) is 19.9 Å². The number of nitrogens with zero attached hydrogens (tertiary/aromatic N) is 2. The van der Waals surface area contributed by atoms with Crippen molar-refractivity contribution in [1.82, 2.24) is 0 Å². The van der Waals surface area contributed by atoms with E-state index >= 15 is 0 Å². The summed E-state index contributed by atoms with van der Waals surface area (Å²) < 4.78 is 0. The second-order valence-electron chi connectivity index (χ2n) is 4.03. The van der Waals surface area contributed by atoms with E-state index in [1.54, 1.807) is 11.8 Å². The van der Waals surface area contributed by atoms with Crippen molar-refractivity contribution in [1.29, 1.82) is 0 Å². The van der Waals surface area contributed by atoms with Crippen LogP contribution in [0.5, 0.6) is 0 Å². The first-order chi connectivity index (χ1) is 8.38. The molecule has 1 aromatic heterocycles. The average molecular weight is 288 g/mol. The number of anilines is 1. The van der Waals surface area contributed by atoms with E-state index in [9.17, 15) is 14.9 Å². The van der Waals surface area contributed by atoms with Gasteiger partial charge in [0, 0.05) is 24.9 Å². The number of nitro groups is 1. The first-order valence-electron chi connectivity index (χ1n) is 5.39. The predicted octanol–water partition coefficient (Wildman–Crippen LogP) is 3.05. The van der Waals surface area contributed by atoms with Gasteiger partial charge in [-0.2, -0.15) is 11.8 Å². The molecule has 0 spiro atoms. The molecule has 1 atom stereocenters. The highest BCUT2D eigenvalue weighted by atomic mass is 32.2. The topological polar surface area (TPSA) is 63.5 Å². The molecule has 1 unspecified atom stereocenters. The molecule has 0 fully saturated rings. The van der Waals surface area contributed by atoms with Crippen molar-refractivity contribution < 1.29 is 9.72 Å². The third-order valence-corrected chi connectivity index (χ3v) is 4.76. The Morgan fingerprint density at radius 3 is 2.72 bits per heavy atom. The van der Waals surface area contributed by atoms with E-state index in [4.69, 9.17) is 0 Å². The van der Waals surface area contributed by atoms with Gasteiger partial charge in [-0.1, -0.05) is 0 Å². The zero-order valence-electron chi connectivity index (χ0n) is 10.8. The SMILES string of the molecule is CSCC(C)N(C)c1sc(C(C)=O)cc1[N+](=O)[O-]. The summed E-state index contributed by atoms with van der Waals surface area (Å²) >= 11 is 2.87. The van der Waals surface area contributed by atoms with Gasteiger partial charge in [-0.3, -0.25) is 14.9 Å². The maximum absolute atomic E-state index is 11.3. The molecule has 7 heteroatoms. The van der Waals surface area contributed by atoms with Crippen LogP contribution in [0.2, 0.25) is 0 Å². The smallest absolute Gasteiger partial charge is 0.304 e. The van der Waals surface area contributed by atoms with Gasteiger partial charge in [-0.05, 0) is 20.1 Å². The van der Waals surface area contributed by atoms with Crippen LogP contribution in [-0.2, 0) is 0 Å². The Bertz CT molecular complexity index is 459. The number of carbonyl (C=O) groups is 1. The Morgan fingerprint density at radius 2 is 2.28 bits per heavy atom. The van der Waals surface area contributed by atoms with E-state index in [1.807, 2.05) is 25.1 Å². The van der Waals surface area contributed by atoms with Crippen molar-refractivity contribution in [2.24, 2.45) is 0 Å². The fourth-order valence-corrected chi connectivity index (χ4v) is 3.27. The number of hydrogen-bond donors (Lipinski definition) is 0. The zero-order valence-corrected chi connectivity index (χ0v) is 12.4. The number of thiophene rings is 1. The largest absolute Gasteiger partial charge is 0.357 e. The molecule has 0 saturated carbocycles. The van der Waals surface area contributed by atoms with Gasteiger partial charge >= 0.3 is 5.69 Å². The second-order valence-corrected chi connectivity index (χ2v) is 5.97. The third-order valence-electron chi connectivity index (χ3n) is 2.63. The second kappa shape index (κ2) is 6.19. The van der Waals surface area contributed by atoms with Crippen molar-refractivity contribution in [3.63, 3.8) is 0 Å². The number of rotatable bonds is 6. The lowest BCUT2D eigenvalue weighted by Gasteiger charge is -2.24. The Labute approximate surface area is 114 Å². The molecule has 1 rings (SSSR count). The number of carbonyl (C=O) groups excluding carboxylic acids is 1. The number of Topliss-reactive ketones (excluding diaryl/α,β-unsaturated/α-hetero) is 1. The van der Waals surface area contributed by atoms with Gasteiger partial charge in [0.2, 0.25) is 0 Å². The van der Waals surface area contributed by atoms with E-state index in [1.165, 1.54) is 24.3 Å². The quantitative estimate of drug-likeness (QED) is 0.457. The molecule has 0 aliphatic carbocycles. The maximum atomic E-state index is 11.3. The molecule has 0 aromatic carbocycles. The van der Waals surface area contributed by atoms with Gasteiger partial charge in [-0.25, -0.2) is 0 Å². The van der Waals surface area contributed by atoms with Crippen LogP contribution in [0.1, 0.15) is 23.5 Å². The molecular formula is C11H16N2O3S2. The van der Waals surface area contributed by atoms with Crippen molar-refractivity contribution in [3.05, 3.63) is 21.1 Å². The highest BCUT2D eigenvalue weighted by molar-refractivity contribution is 7.98. The van der Waals surface area contributed by atoms with Gasteiger partial charge in [0.25, 0.3) is 0 Å². The summed E-state index contributed by atoms with van der Waals surface area (Å²) in [5.74, 6) is 0.737. The number of thioether (sulfide) groups is 1. The molecule has 5 nitrogen and oxygen atoms in total. The Balaban J connectivity index is 3.13. The van der Waals surface area contributed by atoms with Crippen molar-refractivity contribution in [2.75, 3.05) is 24.0 Å². The highest BCUT2D eigenvalue weighted by Crippen LogP contribution is 2.38. The Kier molecular flexibility index (Phi) is 5.15. The number of hydrogen-bond acceptors (Lipinski definition) is 6. The van der Waals surface area contributed by atoms with Crippen LogP contribution in [0.3, 0.4) is 0 Å². The molecule has 0 saturated heterocycles. The van der Waals surface area contributed by atoms with Gasteiger partial charge < -0.3 is 4.90 Å². The molecule has 18 heavy (non-hydrogen) atoms. The number of ketones is 1. The summed E-state index contributed by atoms with van der Waals surface area (Å²) in [6.45, 7) is 3.43. The molecular weight excluding hydrogens is 272 g/mol. The van der Waals surface area contributed by atoms with Crippen molar-refractivity contribution >= 4 is 39.6 Å². The summed E-state index contributed by atoms with van der Waals surface area (Å²) in [6, 6.07) is 1.54. The summed E-state index contributed by atoms with van der Waals surface area (Å²) in [7, 11) is 1.82. The van der Waals surface area contributed by atoms with Gasteiger partial charge in [0.05, 0.1) is 9.80 Å². The Hall–Kier alpha value is -1.08. The Morgan fingerprint density at radius 1 is 1.67 bits per heavy atom. The normalized spacial score (nSPS) is 12.2. The van der Waals surface area contributed by atoms with E-state index < -0.39 is 4.92 Å². The van der Waals surface area contributed by atoms with E-state index in [2.05, 4.69) is 0 Å². The van der Waals surface area contributed by atoms with E-state index in [-0.39, 0.29) is 17.5 Å². The van der Waals surface area contributed by atoms with E-state index in [0.717, 1.165) is 5.75 Å². The average Bonchev–Trinajstić information content (AvgIpc) is 2.73. The summed E-state index contributed by atoms with van der Waals surface area (Å²) in [5.41, 5.74) is 0.0145. The van der Waals surface area contributed by atoms with E-state index in [0.29, 0.717) is 9.88 Å². The first kappa shape index (κ1) is 15.0. The minimum Gasteiger partial charge on any atom is -0.357 e. The van der Waals surface area contributed by atoms with Crippen LogP contribution in [0.25, 0.3) is 0 Å². The molecule has 0 aliphatic heterocycles. The molecule has 0 radical (unpaired) electrons. The van der Waals surface area contributed by atoms with Crippen molar-refractivity contribution in [3.8, 4) is 0 Å². The lowest BCUT2D eigenvalue weighted by molar-refractivity contribution is -0.383. The van der Waals surface area contributed by atoms with Crippen LogP contribution in [0, 0.1) is 10.1 Å². The third kappa shape index (κ3) is 3.23. The summed E-state index contributed by atoms with van der Waals surface area (Å²) in [4.78, 5) is 24.2.